The molecule has 1 unspecified atom stereocenters. The van der Waals surface area contributed by atoms with E-state index in [-0.39, 0.29) is 24.3 Å². The Bertz CT molecular complexity index is 355. The fraction of sp³-hybridized carbons (Fsp3) is 0.769. The van der Waals surface area contributed by atoms with Gasteiger partial charge in [-0.3, -0.25) is 14.4 Å². The molecule has 2 amide bonds. The molecule has 1 aliphatic heterocycles. The second kappa shape index (κ2) is 7.11. The summed E-state index contributed by atoms with van der Waals surface area (Å²) in [4.78, 5) is 37.5. The van der Waals surface area contributed by atoms with Crippen LogP contribution >= 0.6 is 0 Å². The first-order valence-corrected chi connectivity index (χ1v) is 6.66. The Kier molecular flexibility index (Phi) is 5.79. The lowest BCUT2D eigenvalue weighted by atomic mass is 10.1. The number of hydrogen-bond donors (Lipinski definition) is 1. The topological polar surface area (TPSA) is 77.9 Å². The molecule has 1 atom stereocenters. The number of nitrogens with zero attached hydrogens (tertiary/aromatic N) is 2. The number of unbranched alkanes of at least 4 members (excludes halogenated alkanes) is 1. The highest BCUT2D eigenvalue weighted by molar-refractivity contribution is 5.88. The van der Waals surface area contributed by atoms with Crippen LogP contribution in [0, 0.1) is 0 Å². The average Bonchev–Trinajstić information content (AvgIpc) is 2.82. The molecule has 1 heterocycles. The van der Waals surface area contributed by atoms with Crippen molar-refractivity contribution in [2.24, 2.45) is 0 Å². The maximum Gasteiger partial charge on any atom is 0.303 e. The SMILES string of the molecule is CN(C)C(=O)C1CCCN1C(=O)CCCCC(=O)O. The largest absolute Gasteiger partial charge is 0.481 e. The Labute approximate surface area is 113 Å². The zero-order valence-corrected chi connectivity index (χ0v) is 11.6. The van der Waals surface area contributed by atoms with E-state index in [0.717, 1.165) is 12.8 Å². The molecule has 0 radical (unpaired) electrons. The first kappa shape index (κ1) is 15.5. The van der Waals surface area contributed by atoms with Crippen molar-refractivity contribution in [3.63, 3.8) is 0 Å². The summed E-state index contributed by atoms with van der Waals surface area (Å²) in [6, 6.07) is -0.332. The van der Waals surface area contributed by atoms with E-state index in [1.807, 2.05) is 0 Å². The smallest absolute Gasteiger partial charge is 0.303 e. The fourth-order valence-corrected chi connectivity index (χ4v) is 2.32. The molecule has 0 aromatic rings. The Morgan fingerprint density at radius 2 is 1.84 bits per heavy atom. The number of likely N-dealkylation sites (N-methyl/N-ethyl adjacent to an activating group) is 1. The molecule has 0 aromatic heterocycles. The maximum atomic E-state index is 12.0. The van der Waals surface area contributed by atoms with Gasteiger partial charge in [0, 0.05) is 33.5 Å². The molecule has 0 spiro atoms. The molecule has 1 rings (SSSR count). The van der Waals surface area contributed by atoms with E-state index in [9.17, 15) is 14.4 Å². The molecule has 0 bridgehead atoms. The summed E-state index contributed by atoms with van der Waals surface area (Å²) in [7, 11) is 3.38. The van der Waals surface area contributed by atoms with Gasteiger partial charge in [-0.2, -0.15) is 0 Å². The fourth-order valence-electron chi connectivity index (χ4n) is 2.32. The third-order valence-corrected chi connectivity index (χ3v) is 3.33. The highest BCUT2D eigenvalue weighted by Gasteiger charge is 2.34. The minimum Gasteiger partial charge on any atom is -0.481 e. The molecular formula is C13H22N2O4. The summed E-state index contributed by atoms with van der Waals surface area (Å²) >= 11 is 0. The molecule has 1 saturated heterocycles. The Morgan fingerprint density at radius 1 is 1.21 bits per heavy atom. The van der Waals surface area contributed by atoms with Crippen LogP contribution in [0.5, 0.6) is 0 Å². The van der Waals surface area contributed by atoms with Gasteiger partial charge in [0.05, 0.1) is 0 Å². The number of likely N-dealkylation sites (tertiary alicyclic amines) is 1. The number of amides is 2. The van der Waals surface area contributed by atoms with Gasteiger partial charge in [-0.1, -0.05) is 0 Å². The van der Waals surface area contributed by atoms with Gasteiger partial charge in [0.2, 0.25) is 11.8 Å². The minimum atomic E-state index is -0.839. The van der Waals surface area contributed by atoms with Crippen molar-refractivity contribution < 1.29 is 19.5 Å². The van der Waals surface area contributed by atoms with Crippen LogP contribution in [0.1, 0.15) is 38.5 Å². The lowest BCUT2D eigenvalue weighted by Crippen LogP contribution is -2.45. The van der Waals surface area contributed by atoms with Gasteiger partial charge in [0.15, 0.2) is 0 Å². The van der Waals surface area contributed by atoms with E-state index >= 15 is 0 Å². The van der Waals surface area contributed by atoms with E-state index < -0.39 is 5.97 Å². The lowest BCUT2D eigenvalue weighted by Gasteiger charge is -2.26. The summed E-state index contributed by atoms with van der Waals surface area (Å²) in [5.74, 6) is -0.909. The van der Waals surface area contributed by atoms with E-state index in [4.69, 9.17) is 5.11 Å². The molecule has 1 N–H and O–H groups in total. The van der Waals surface area contributed by atoms with Crippen LogP contribution < -0.4 is 0 Å². The normalized spacial score (nSPS) is 18.4. The average molecular weight is 270 g/mol. The summed E-state index contributed by atoms with van der Waals surface area (Å²) in [5.41, 5.74) is 0. The van der Waals surface area contributed by atoms with Gasteiger partial charge < -0.3 is 14.9 Å². The Hall–Kier alpha value is -1.59. The first-order valence-electron chi connectivity index (χ1n) is 6.66. The summed E-state index contributed by atoms with van der Waals surface area (Å²) in [6.07, 6.45) is 3.05. The third kappa shape index (κ3) is 4.54. The van der Waals surface area contributed by atoms with Crippen molar-refractivity contribution in [2.75, 3.05) is 20.6 Å². The zero-order valence-electron chi connectivity index (χ0n) is 11.6. The molecule has 0 aliphatic carbocycles. The Morgan fingerprint density at radius 3 is 2.42 bits per heavy atom. The summed E-state index contributed by atoms with van der Waals surface area (Å²) in [6.45, 7) is 0.627. The predicted molar refractivity (Wildman–Crippen MR) is 69.5 cm³/mol. The van der Waals surface area contributed by atoms with Crippen LogP contribution in [0.4, 0.5) is 0 Å². The van der Waals surface area contributed by atoms with Gasteiger partial charge >= 0.3 is 5.97 Å². The number of aliphatic carboxylic acids is 1. The molecule has 6 heteroatoms. The van der Waals surface area contributed by atoms with E-state index in [1.54, 1.807) is 19.0 Å². The van der Waals surface area contributed by atoms with Gasteiger partial charge in [0.1, 0.15) is 6.04 Å². The zero-order chi connectivity index (χ0) is 14.4. The third-order valence-electron chi connectivity index (χ3n) is 3.33. The van der Waals surface area contributed by atoms with Gasteiger partial charge in [-0.15, -0.1) is 0 Å². The van der Waals surface area contributed by atoms with E-state index in [0.29, 0.717) is 25.8 Å². The number of rotatable bonds is 6. The maximum absolute atomic E-state index is 12.0. The quantitative estimate of drug-likeness (QED) is 0.721. The van der Waals surface area contributed by atoms with Gasteiger partial charge in [0.25, 0.3) is 0 Å². The molecule has 1 fully saturated rings. The summed E-state index contributed by atoms with van der Waals surface area (Å²) < 4.78 is 0. The van der Waals surface area contributed by atoms with Crippen LogP contribution in [0.15, 0.2) is 0 Å². The standard InChI is InChI=1S/C13H22N2O4/c1-14(2)13(19)10-6-5-9-15(10)11(16)7-3-4-8-12(17)18/h10H,3-9H2,1-2H3,(H,17,18). The second-order valence-corrected chi connectivity index (χ2v) is 5.08. The van der Waals surface area contributed by atoms with Crippen LogP contribution in [0.2, 0.25) is 0 Å². The van der Waals surface area contributed by atoms with E-state index in [2.05, 4.69) is 0 Å². The molecule has 0 aromatic carbocycles. The van der Waals surface area contributed by atoms with Gasteiger partial charge in [-0.25, -0.2) is 0 Å². The van der Waals surface area contributed by atoms with Crippen molar-refractivity contribution in [1.29, 1.82) is 0 Å². The molecule has 0 saturated carbocycles. The van der Waals surface area contributed by atoms with Crippen LogP contribution in [0.25, 0.3) is 0 Å². The monoisotopic (exact) mass is 270 g/mol. The van der Waals surface area contributed by atoms with Crippen LogP contribution in [-0.4, -0.2) is 59.4 Å². The highest BCUT2D eigenvalue weighted by Crippen LogP contribution is 2.20. The predicted octanol–water partition coefficient (Wildman–Crippen LogP) is 0.711. The van der Waals surface area contributed by atoms with Crippen molar-refractivity contribution >= 4 is 17.8 Å². The van der Waals surface area contributed by atoms with Crippen LogP contribution in [0.3, 0.4) is 0 Å². The van der Waals surface area contributed by atoms with Crippen molar-refractivity contribution in [1.82, 2.24) is 9.80 Å². The van der Waals surface area contributed by atoms with Crippen molar-refractivity contribution in [3.05, 3.63) is 0 Å². The second-order valence-electron chi connectivity index (χ2n) is 5.08. The number of carbonyl (C=O) groups excluding carboxylic acids is 2. The van der Waals surface area contributed by atoms with E-state index in [1.165, 1.54) is 4.90 Å². The molecule has 108 valence electrons. The van der Waals surface area contributed by atoms with Gasteiger partial charge in [-0.05, 0) is 25.7 Å². The number of carboxylic acids is 1. The highest BCUT2D eigenvalue weighted by atomic mass is 16.4. The van der Waals surface area contributed by atoms with Crippen molar-refractivity contribution in [3.8, 4) is 0 Å². The lowest BCUT2D eigenvalue weighted by molar-refractivity contribution is -0.142. The number of carbonyl (C=O) groups is 3. The first-order chi connectivity index (χ1) is 8.93. The molecular weight excluding hydrogens is 248 g/mol. The van der Waals surface area contributed by atoms with Crippen molar-refractivity contribution in [2.45, 2.75) is 44.6 Å². The number of carboxylic acid groups (broad SMARTS) is 1. The minimum absolute atomic E-state index is 0.0311. The number of hydrogen-bond acceptors (Lipinski definition) is 3. The van der Waals surface area contributed by atoms with Crippen LogP contribution in [-0.2, 0) is 14.4 Å². The molecule has 19 heavy (non-hydrogen) atoms. The molecule has 1 aliphatic rings. The summed E-state index contributed by atoms with van der Waals surface area (Å²) in [5, 5.41) is 8.52. The Balaban J connectivity index is 2.42. The molecule has 6 nitrogen and oxygen atoms in total.